The van der Waals surface area contributed by atoms with Crippen LogP contribution in [0.3, 0.4) is 0 Å². The third-order valence-corrected chi connectivity index (χ3v) is 2.89. The van der Waals surface area contributed by atoms with Crippen LogP contribution in [0.15, 0.2) is 27.3 Å². The molecule has 1 aliphatic rings. The Kier molecular flexibility index (Phi) is 3.46. The van der Waals surface area contributed by atoms with Gasteiger partial charge in [-0.1, -0.05) is 0 Å². The second-order valence-corrected chi connectivity index (χ2v) is 4.48. The molecule has 1 unspecified atom stereocenters. The fourth-order valence-corrected chi connectivity index (χ4v) is 1.94. The second-order valence-electron chi connectivity index (χ2n) is 3.70. The number of furan rings is 1. The molecule has 1 aromatic rings. The molecule has 0 saturated carbocycles. The van der Waals surface area contributed by atoms with Gasteiger partial charge in [-0.2, -0.15) is 0 Å². The maximum atomic E-state index is 11.6. The van der Waals surface area contributed by atoms with Gasteiger partial charge in [-0.15, -0.1) is 0 Å². The van der Waals surface area contributed by atoms with E-state index in [0.29, 0.717) is 29.9 Å². The van der Waals surface area contributed by atoms with Gasteiger partial charge in [0.25, 0.3) is 0 Å². The lowest BCUT2D eigenvalue weighted by Crippen LogP contribution is -2.27. The van der Waals surface area contributed by atoms with Crippen molar-refractivity contribution in [2.75, 3.05) is 13.1 Å². The van der Waals surface area contributed by atoms with Crippen molar-refractivity contribution in [3.05, 3.63) is 28.6 Å². The second kappa shape index (κ2) is 4.84. The van der Waals surface area contributed by atoms with E-state index >= 15 is 0 Å². The van der Waals surface area contributed by atoms with Crippen molar-refractivity contribution in [1.29, 1.82) is 0 Å². The summed E-state index contributed by atoms with van der Waals surface area (Å²) in [5.41, 5.74) is 0. The van der Waals surface area contributed by atoms with E-state index in [4.69, 9.17) is 4.42 Å². The zero-order chi connectivity index (χ0) is 11.5. The van der Waals surface area contributed by atoms with Crippen LogP contribution in [0, 0.1) is 0 Å². The Hall–Kier alpha value is -1.07. The van der Waals surface area contributed by atoms with Gasteiger partial charge in [0.1, 0.15) is 5.76 Å². The van der Waals surface area contributed by atoms with Crippen molar-refractivity contribution in [1.82, 2.24) is 4.90 Å². The summed E-state index contributed by atoms with van der Waals surface area (Å²) in [5, 5.41) is 9.29. The van der Waals surface area contributed by atoms with Gasteiger partial charge >= 0.3 is 0 Å². The minimum absolute atomic E-state index is 0.0935. The van der Waals surface area contributed by atoms with Crippen molar-refractivity contribution in [2.24, 2.45) is 0 Å². The van der Waals surface area contributed by atoms with E-state index in [1.807, 2.05) is 0 Å². The minimum Gasteiger partial charge on any atom is -0.450 e. The molecule has 1 fully saturated rings. The van der Waals surface area contributed by atoms with Crippen molar-refractivity contribution in [3.63, 3.8) is 0 Å². The summed E-state index contributed by atoms with van der Waals surface area (Å²) in [4.78, 5) is 13.3. The molecule has 1 atom stereocenters. The Balaban J connectivity index is 1.94. The van der Waals surface area contributed by atoms with Crippen LogP contribution < -0.4 is 0 Å². The molecule has 0 spiro atoms. The first-order valence-corrected chi connectivity index (χ1v) is 5.85. The number of halogens is 1. The fourth-order valence-electron chi connectivity index (χ4n) is 1.62. The molecule has 1 aromatic heterocycles. The van der Waals surface area contributed by atoms with Gasteiger partial charge in [0.2, 0.25) is 5.91 Å². The van der Waals surface area contributed by atoms with E-state index in [9.17, 15) is 9.90 Å². The Morgan fingerprint density at radius 2 is 2.44 bits per heavy atom. The maximum Gasteiger partial charge on any atom is 0.246 e. The average Bonchev–Trinajstić information content (AvgIpc) is 2.84. The van der Waals surface area contributed by atoms with E-state index in [0.717, 1.165) is 0 Å². The van der Waals surface area contributed by atoms with Gasteiger partial charge in [0.05, 0.1) is 6.10 Å². The molecule has 0 aliphatic carbocycles. The lowest BCUT2D eigenvalue weighted by molar-refractivity contribution is -0.125. The van der Waals surface area contributed by atoms with Gasteiger partial charge < -0.3 is 14.4 Å². The first kappa shape index (κ1) is 11.4. The highest BCUT2D eigenvalue weighted by Crippen LogP contribution is 2.15. The van der Waals surface area contributed by atoms with Crippen LogP contribution in [-0.2, 0) is 4.79 Å². The monoisotopic (exact) mass is 285 g/mol. The molecule has 4 nitrogen and oxygen atoms in total. The van der Waals surface area contributed by atoms with Crippen molar-refractivity contribution >= 4 is 27.9 Å². The number of hydrogen-bond acceptors (Lipinski definition) is 3. The molecule has 0 bridgehead atoms. The summed E-state index contributed by atoms with van der Waals surface area (Å²) in [5.74, 6) is 0.532. The van der Waals surface area contributed by atoms with E-state index in [1.165, 1.54) is 6.08 Å². The van der Waals surface area contributed by atoms with Gasteiger partial charge in [0.15, 0.2) is 4.67 Å². The maximum absolute atomic E-state index is 11.6. The fraction of sp³-hybridized carbons (Fsp3) is 0.364. The van der Waals surface area contributed by atoms with E-state index < -0.39 is 0 Å². The standard InChI is InChI=1S/C11H12BrNO3/c12-10-3-1-9(16-10)2-4-11(15)13-6-5-8(14)7-13/h1-4,8,14H,5-7H2. The van der Waals surface area contributed by atoms with Crippen molar-refractivity contribution < 1.29 is 14.3 Å². The summed E-state index contributed by atoms with van der Waals surface area (Å²) < 4.78 is 5.86. The largest absolute Gasteiger partial charge is 0.450 e. The number of hydrogen-bond donors (Lipinski definition) is 1. The first-order chi connectivity index (χ1) is 7.65. The number of carbonyl (C=O) groups is 1. The predicted octanol–water partition coefficient (Wildman–Crippen LogP) is 1.65. The normalized spacial score (nSPS) is 20.9. The van der Waals surface area contributed by atoms with Gasteiger partial charge in [-0.05, 0) is 40.6 Å². The molecule has 5 heteroatoms. The number of nitrogens with zero attached hydrogens (tertiary/aromatic N) is 1. The lowest BCUT2D eigenvalue weighted by atomic mass is 10.3. The molecule has 16 heavy (non-hydrogen) atoms. The van der Waals surface area contributed by atoms with Crippen LogP contribution in [0.2, 0.25) is 0 Å². The summed E-state index contributed by atoms with van der Waals surface area (Å²) in [6.45, 7) is 1.04. The molecular formula is C11H12BrNO3. The van der Waals surface area contributed by atoms with E-state index in [1.54, 1.807) is 23.1 Å². The first-order valence-electron chi connectivity index (χ1n) is 5.05. The average molecular weight is 286 g/mol. The molecule has 0 aromatic carbocycles. The Morgan fingerprint density at radius 3 is 3.00 bits per heavy atom. The summed E-state index contributed by atoms with van der Waals surface area (Å²) >= 11 is 3.18. The summed E-state index contributed by atoms with van der Waals surface area (Å²) in [6, 6.07) is 3.54. The van der Waals surface area contributed by atoms with Crippen LogP contribution in [0.5, 0.6) is 0 Å². The highest BCUT2D eigenvalue weighted by atomic mass is 79.9. The third kappa shape index (κ3) is 2.74. The van der Waals surface area contributed by atoms with Crippen LogP contribution in [0.25, 0.3) is 6.08 Å². The predicted molar refractivity (Wildman–Crippen MR) is 62.6 cm³/mol. The Labute approximate surface area is 102 Å². The number of amides is 1. The highest BCUT2D eigenvalue weighted by Gasteiger charge is 2.22. The molecule has 1 N–H and O–H groups in total. The topological polar surface area (TPSA) is 53.7 Å². The molecule has 1 aliphatic heterocycles. The number of likely N-dealkylation sites (tertiary alicyclic amines) is 1. The Bertz CT molecular complexity index is 413. The zero-order valence-electron chi connectivity index (χ0n) is 8.60. The van der Waals surface area contributed by atoms with Crippen LogP contribution in [0.4, 0.5) is 0 Å². The van der Waals surface area contributed by atoms with Gasteiger partial charge in [-0.25, -0.2) is 0 Å². The van der Waals surface area contributed by atoms with Crippen LogP contribution in [0.1, 0.15) is 12.2 Å². The molecule has 0 radical (unpaired) electrons. The molecule has 2 heterocycles. The quantitative estimate of drug-likeness (QED) is 0.841. The molecule has 1 saturated heterocycles. The van der Waals surface area contributed by atoms with E-state index in [-0.39, 0.29) is 12.0 Å². The number of rotatable bonds is 2. The summed E-state index contributed by atoms with van der Waals surface area (Å²) in [7, 11) is 0. The minimum atomic E-state index is -0.380. The van der Waals surface area contributed by atoms with Gasteiger partial charge in [-0.3, -0.25) is 4.79 Å². The smallest absolute Gasteiger partial charge is 0.246 e. The van der Waals surface area contributed by atoms with Crippen molar-refractivity contribution in [3.8, 4) is 0 Å². The lowest BCUT2D eigenvalue weighted by Gasteiger charge is -2.11. The summed E-state index contributed by atoms with van der Waals surface area (Å²) in [6.07, 6.45) is 3.36. The SMILES string of the molecule is O=C(C=Cc1ccc(Br)o1)N1CCC(O)C1. The molecular weight excluding hydrogens is 274 g/mol. The van der Waals surface area contributed by atoms with Crippen molar-refractivity contribution in [2.45, 2.75) is 12.5 Å². The third-order valence-electron chi connectivity index (χ3n) is 2.46. The van der Waals surface area contributed by atoms with E-state index in [2.05, 4.69) is 15.9 Å². The molecule has 86 valence electrons. The molecule has 1 amide bonds. The van der Waals surface area contributed by atoms with Crippen LogP contribution in [-0.4, -0.2) is 35.1 Å². The number of aliphatic hydroxyl groups is 1. The van der Waals surface area contributed by atoms with Crippen LogP contribution >= 0.6 is 15.9 Å². The Morgan fingerprint density at radius 1 is 1.62 bits per heavy atom. The molecule has 2 rings (SSSR count). The number of aliphatic hydroxyl groups excluding tert-OH is 1. The zero-order valence-corrected chi connectivity index (χ0v) is 10.2. The highest BCUT2D eigenvalue weighted by molar-refractivity contribution is 9.10. The van der Waals surface area contributed by atoms with Gasteiger partial charge in [0, 0.05) is 19.2 Å². The number of β-amino-alcohol motifs (C(OH)–C–C–N with tert-alkyl or cyclic N) is 1. The number of carbonyl (C=O) groups excluding carboxylic acids is 1.